The maximum absolute atomic E-state index is 6.54. The zero-order valence-electron chi connectivity index (χ0n) is 22.4. The lowest BCUT2D eigenvalue weighted by Crippen LogP contribution is -2.49. The summed E-state index contributed by atoms with van der Waals surface area (Å²) in [5.41, 5.74) is 1.26. The summed E-state index contributed by atoms with van der Waals surface area (Å²) >= 11 is 6.08. The monoisotopic (exact) mass is 517 g/mol. The molecule has 0 fully saturated rings. The van der Waals surface area contributed by atoms with Crippen molar-refractivity contribution < 1.29 is 13.3 Å². The minimum atomic E-state index is -1.83. The van der Waals surface area contributed by atoms with Crippen molar-refractivity contribution >= 4 is 36.6 Å². The van der Waals surface area contributed by atoms with E-state index < -0.39 is 25.0 Å². The predicted octanol–water partition coefficient (Wildman–Crippen LogP) is 6.93. The highest BCUT2D eigenvalue weighted by Gasteiger charge is 2.38. The van der Waals surface area contributed by atoms with E-state index in [9.17, 15) is 0 Å². The van der Waals surface area contributed by atoms with Gasteiger partial charge in [-0.15, -0.1) is 0 Å². The van der Waals surface area contributed by atoms with E-state index in [1.165, 1.54) is 5.56 Å². The average Bonchev–Trinajstić information content (AvgIpc) is 2.60. The molecule has 2 unspecified atom stereocenters. The molecule has 186 valence electrons. The smallest absolute Gasteiger partial charge is 0.192 e. The van der Waals surface area contributed by atoms with E-state index in [0.29, 0.717) is 13.2 Å². The molecule has 0 radical (unpaired) electrons. The predicted molar refractivity (Wildman–Crippen MR) is 148 cm³/mol. The summed E-state index contributed by atoms with van der Waals surface area (Å²) in [5.74, 6) is 0. The van der Waals surface area contributed by atoms with Crippen LogP contribution in [-0.4, -0.2) is 56.9 Å². The summed E-state index contributed by atoms with van der Waals surface area (Å²) in [6.45, 7) is 27.0. The molecule has 32 heavy (non-hydrogen) atoms. The first-order valence-corrected chi connectivity index (χ1v) is 21.9. The van der Waals surface area contributed by atoms with Crippen LogP contribution in [0.4, 0.5) is 0 Å². The highest BCUT2D eigenvalue weighted by atomic mass is 35.5. The molecule has 1 rings (SSSR count). The van der Waals surface area contributed by atoms with Gasteiger partial charge in [-0.2, -0.15) is 0 Å². The minimum absolute atomic E-state index is 0.0374. The topological polar surface area (TPSA) is 39.7 Å². The molecule has 0 saturated heterocycles. The molecule has 0 aromatic heterocycles. The Labute approximate surface area is 206 Å². The fraction of sp³-hybridized carbons (Fsp3) is 0.750. The van der Waals surface area contributed by atoms with Crippen molar-refractivity contribution in [1.82, 2.24) is 5.32 Å². The van der Waals surface area contributed by atoms with Crippen LogP contribution < -0.4 is 5.32 Å². The number of hydrogen-bond acceptors (Lipinski definition) is 4. The van der Waals surface area contributed by atoms with E-state index in [1.807, 2.05) is 12.1 Å². The van der Waals surface area contributed by atoms with Crippen LogP contribution in [0.15, 0.2) is 24.3 Å². The molecule has 2 atom stereocenters. The van der Waals surface area contributed by atoms with Crippen LogP contribution in [0, 0.1) is 0 Å². The third-order valence-electron chi connectivity index (χ3n) is 5.70. The summed E-state index contributed by atoms with van der Waals surface area (Å²) in [7, 11) is -5.14. The minimum Gasteiger partial charge on any atom is -0.416 e. The normalized spacial score (nSPS) is 15.6. The van der Waals surface area contributed by atoms with Crippen molar-refractivity contribution in [2.24, 2.45) is 0 Å². The van der Waals surface area contributed by atoms with Crippen LogP contribution in [0.5, 0.6) is 0 Å². The van der Waals surface area contributed by atoms with Crippen molar-refractivity contribution in [3.05, 3.63) is 34.9 Å². The lowest BCUT2D eigenvalue weighted by atomic mass is 10.1. The fourth-order valence-electron chi connectivity index (χ4n) is 2.90. The molecule has 0 aliphatic carbocycles. The van der Waals surface area contributed by atoms with Gasteiger partial charge in [0.2, 0.25) is 0 Å². The largest absolute Gasteiger partial charge is 0.416 e. The molecule has 0 spiro atoms. The summed E-state index contributed by atoms with van der Waals surface area (Å²) < 4.78 is 19.3. The Bertz CT molecular complexity index is 680. The van der Waals surface area contributed by atoms with E-state index in [4.69, 9.17) is 24.9 Å². The highest BCUT2D eigenvalue weighted by molar-refractivity contribution is 6.74. The van der Waals surface area contributed by atoms with Crippen molar-refractivity contribution in [2.45, 2.75) is 96.8 Å². The second-order valence-electron chi connectivity index (χ2n) is 12.3. The SMILES string of the molecule is CC(C)(C)[Si](C)(C)OCC(CNC(CO[Si](C)(C)C)Cc1ccc(Cl)cc1)O[Si](C)(C)C. The van der Waals surface area contributed by atoms with Crippen LogP contribution >= 0.6 is 11.6 Å². The van der Waals surface area contributed by atoms with Crippen LogP contribution in [0.1, 0.15) is 26.3 Å². The van der Waals surface area contributed by atoms with Crippen LogP contribution in [-0.2, 0) is 19.7 Å². The average molecular weight is 518 g/mol. The Kier molecular flexibility index (Phi) is 11.4. The molecule has 1 N–H and O–H groups in total. The van der Waals surface area contributed by atoms with E-state index in [2.05, 4.69) is 90.6 Å². The third-order valence-corrected chi connectivity index (χ3v) is 12.5. The van der Waals surface area contributed by atoms with Gasteiger partial charge >= 0.3 is 0 Å². The lowest BCUT2D eigenvalue weighted by molar-refractivity contribution is 0.107. The second-order valence-corrected chi connectivity index (χ2v) is 26.5. The molecule has 4 nitrogen and oxygen atoms in total. The summed E-state index contributed by atoms with van der Waals surface area (Å²) in [6, 6.07) is 8.32. The second kappa shape index (κ2) is 12.1. The van der Waals surface area contributed by atoms with Gasteiger partial charge in [-0.25, -0.2) is 0 Å². The van der Waals surface area contributed by atoms with E-state index in [0.717, 1.165) is 18.0 Å². The molecule has 0 heterocycles. The van der Waals surface area contributed by atoms with Crippen molar-refractivity contribution in [1.29, 1.82) is 0 Å². The summed E-state index contributed by atoms with van der Waals surface area (Å²) in [6.07, 6.45) is 0.931. The van der Waals surface area contributed by atoms with Gasteiger partial charge in [-0.1, -0.05) is 44.5 Å². The number of halogens is 1. The van der Waals surface area contributed by atoms with Gasteiger partial charge in [-0.3, -0.25) is 0 Å². The molecular weight excluding hydrogens is 470 g/mol. The van der Waals surface area contributed by atoms with Crippen LogP contribution in [0.25, 0.3) is 0 Å². The first-order valence-electron chi connectivity index (χ1n) is 11.8. The fourth-order valence-corrected chi connectivity index (χ4v) is 5.91. The number of hydrogen-bond donors (Lipinski definition) is 1. The van der Waals surface area contributed by atoms with Gasteiger partial charge in [-0.05, 0) is 81.5 Å². The highest BCUT2D eigenvalue weighted by Crippen LogP contribution is 2.36. The summed E-state index contributed by atoms with van der Waals surface area (Å²) in [4.78, 5) is 0. The van der Waals surface area contributed by atoms with Crippen LogP contribution in [0.2, 0.25) is 62.4 Å². The summed E-state index contributed by atoms with van der Waals surface area (Å²) in [5, 5.41) is 4.70. The first-order chi connectivity index (χ1) is 14.4. The Morgan fingerprint density at radius 3 is 1.88 bits per heavy atom. The van der Waals surface area contributed by atoms with Crippen LogP contribution in [0.3, 0.4) is 0 Å². The Hall–Kier alpha value is 0.000649. The zero-order chi connectivity index (χ0) is 24.8. The first kappa shape index (κ1) is 30.0. The molecule has 0 aliphatic rings. The molecule has 0 saturated carbocycles. The quantitative estimate of drug-likeness (QED) is 0.288. The molecule has 0 amide bonds. The number of benzene rings is 1. The van der Waals surface area contributed by atoms with Gasteiger partial charge in [0.15, 0.2) is 25.0 Å². The Morgan fingerprint density at radius 2 is 1.41 bits per heavy atom. The Balaban J connectivity index is 2.87. The number of nitrogens with one attached hydrogen (secondary N) is 1. The van der Waals surface area contributed by atoms with E-state index >= 15 is 0 Å². The van der Waals surface area contributed by atoms with Crippen molar-refractivity contribution in [3.8, 4) is 0 Å². The van der Waals surface area contributed by atoms with Gasteiger partial charge in [0.05, 0.1) is 12.7 Å². The molecule has 1 aromatic carbocycles. The lowest BCUT2D eigenvalue weighted by Gasteiger charge is -2.38. The van der Waals surface area contributed by atoms with E-state index in [-0.39, 0.29) is 17.2 Å². The Morgan fingerprint density at radius 1 is 0.844 bits per heavy atom. The standard InChI is InChI=1S/C24H48ClNO3Si3/c1-24(2,3)32(10,11)28-19-23(29-31(7,8)9)17-26-22(18-27-30(4,5)6)16-20-12-14-21(25)15-13-20/h12-15,22-23,26H,16-19H2,1-11H3. The molecular formula is C24H48ClNO3Si3. The van der Waals surface area contributed by atoms with E-state index in [1.54, 1.807) is 0 Å². The molecule has 0 bridgehead atoms. The van der Waals surface area contributed by atoms with Gasteiger partial charge < -0.3 is 18.6 Å². The third kappa shape index (κ3) is 12.5. The van der Waals surface area contributed by atoms with Gasteiger partial charge in [0.25, 0.3) is 0 Å². The van der Waals surface area contributed by atoms with Gasteiger partial charge in [0, 0.05) is 24.2 Å². The van der Waals surface area contributed by atoms with Crippen molar-refractivity contribution in [3.63, 3.8) is 0 Å². The van der Waals surface area contributed by atoms with Gasteiger partial charge in [0.1, 0.15) is 0 Å². The van der Waals surface area contributed by atoms with Crippen molar-refractivity contribution in [2.75, 3.05) is 19.8 Å². The molecule has 1 aromatic rings. The maximum atomic E-state index is 6.54. The molecule has 0 aliphatic heterocycles. The molecule has 8 heteroatoms. The zero-order valence-corrected chi connectivity index (χ0v) is 26.2. The maximum Gasteiger partial charge on any atom is 0.192 e. The number of rotatable bonds is 13.